The number of hydrogen-bond donors (Lipinski definition) is 3. The Morgan fingerprint density at radius 1 is 1.20 bits per heavy atom. The smallest absolute Gasteiger partial charge is 0.410 e. The van der Waals surface area contributed by atoms with E-state index in [-0.39, 0.29) is 11.0 Å². The van der Waals surface area contributed by atoms with E-state index < -0.39 is 40.1 Å². The minimum absolute atomic E-state index is 0.168. The average Bonchev–Trinajstić information content (AvgIpc) is 3.48. The molecule has 0 bridgehead atoms. The van der Waals surface area contributed by atoms with Gasteiger partial charge in [-0.15, -0.1) is 22.7 Å². The molecule has 1 atom stereocenters. The maximum atomic E-state index is 12.7. The predicted molar refractivity (Wildman–Crippen MR) is 157 cm³/mol. The third kappa shape index (κ3) is 8.47. The molecule has 1 fully saturated rings. The lowest BCUT2D eigenvalue weighted by Gasteiger charge is -2.33. The zero-order chi connectivity index (χ0) is 29.8. The predicted octanol–water partition coefficient (Wildman–Crippen LogP) is 4.10. The summed E-state index contributed by atoms with van der Waals surface area (Å²) in [5, 5.41) is 13.0. The minimum atomic E-state index is -4.12. The second kappa shape index (κ2) is 12.8. The molecule has 0 spiro atoms. The summed E-state index contributed by atoms with van der Waals surface area (Å²) in [6.07, 6.45) is 6.09. The van der Waals surface area contributed by atoms with Crippen LogP contribution in [-0.4, -0.2) is 72.7 Å². The summed E-state index contributed by atoms with van der Waals surface area (Å²) in [5.74, 6) is -1.35. The number of rotatable bonds is 10. The van der Waals surface area contributed by atoms with Crippen LogP contribution in [0, 0.1) is 5.92 Å². The van der Waals surface area contributed by atoms with Crippen molar-refractivity contribution in [3.63, 3.8) is 0 Å². The topological polar surface area (TPSA) is 155 Å². The maximum absolute atomic E-state index is 12.7. The normalized spacial score (nSPS) is 15.5. The summed E-state index contributed by atoms with van der Waals surface area (Å²) in [6, 6.07) is 5.02. The Morgan fingerprint density at radius 3 is 2.54 bits per heavy atom. The fourth-order valence-corrected chi connectivity index (χ4v) is 8.00. The maximum Gasteiger partial charge on any atom is 0.410 e. The highest BCUT2D eigenvalue weighted by Gasteiger charge is 2.28. The number of ether oxygens (including phenoxy) is 1. The summed E-state index contributed by atoms with van der Waals surface area (Å²) in [6.45, 7) is 6.58. The molecule has 0 unspecified atom stereocenters. The number of carbonyl (C=O) groups is 3. The molecule has 14 heteroatoms. The molecule has 0 aromatic carbocycles. The number of sulfonamides is 1. The number of aryl methyl sites for hydroxylation is 1. The standard InChI is InChI=1S/C27H34N4O7S3/c1-27(2,3)38-26(35)31-11-8-17(9-12-31)6-7-19-13-18-14-22(40-25(18)39-19)23(32)29-16-21(24(33)34)30-41(36,37)20-5-4-10-28-15-20/h4-5,10,13-15,17,21,30H,6-9,11-12,16H2,1-3H3,(H,29,32)(H,33,34)/t21-/m0/s1. The Labute approximate surface area is 247 Å². The molecule has 1 aliphatic rings. The van der Waals surface area contributed by atoms with Gasteiger partial charge in [0.15, 0.2) is 0 Å². The van der Waals surface area contributed by atoms with Crippen molar-refractivity contribution in [3.8, 4) is 0 Å². The minimum Gasteiger partial charge on any atom is -0.480 e. The van der Waals surface area contributed by atoms with E-state index in [0.29, 0.717) is 23.9 Å². The number of aliphatic carboxylic acids is 1. The largest absolute Gasteiger partial charge is 0.480 e. The molecule has 2 amide bonds. The van der Waals surface area contributed by atoms with Crippen LogP contribution in [0.15, 0.2) is 41.6 Å². The van der Waals surface area contributed by atoms with E-state index in [0.717, 1.165) is 41.3 Å². The van der Waals surface area contributed by atoms with E-state index >= 15 is 0 Å². The van der Waals surface area contributed by atoms with Crippen LogP contribution in [0.4, 0.5) is 4.79 Å². The Hall–Kier alpha value is -3.07. The van der Waals surface area contributed by atoms with Gasteiger partial charge in [0.25, 0.3) is 5.91 Å². The first-order valence-electron chi connectivity index (χ1n) is 13.2. The van der Waals surface area contributed by atoms with Crippen molar-refractivity contribution in [3.05, 3.63) is 46.4 Å². The van der Waals surface area contributed by atoms with Crippen molar-refractivity contribution in [2.45, 2.75) is 63.0 Å². The number of carboxylic acid groups (broad SMARTS) is 1. The van der Waals surface area contributed by atoms with Crippen LogP contribution >= 0.6 is 22.7 Å². The van der Waals surface area contributed by atoms with Crippen molar-refractivity contribution < 1.29 is 32.6 Å². The third-order valence-corrected chi connectivity index (χ3v) is 10.5. The van der Waals surface area contributed by atoms with Gasteiger partial charge in [-0.1, -0.05) is 0 Å². The molecule has 1 aliphatic heterocycles. The van der Waals surface area contributed by atoms with Gasteiger partial charge in [-0.25, -0.2) is 13.2 Å². The first kappa shape index (κ1) is 30.9. The van der Waals surface area contributed by atoms with Crippen molar-refractivity contribution >= 4 is 60.1 Å². The van der Waals surface area contributed by atoms with E-state index in [1.807, 2.05) is 20.8 Å². The van der Waals surface area contributed by atoms with Gasteiger partial charge in [-0.3, -0.25) is 14.6 Å². The molecule has 11 nitrogen and oxygen atoms in total. The fraction of sp³-hybridized carbons (Fsp3) is 0.481. The molecule has 4 rings (SSSR count). The number of nitrogens with zero attached hydrogens (tertiary/aromatic N) is 2. The molecule has 0 saturated carbocycles. The van der Waals surface area contributed by atoms with E-state index in [4.69, 9.17) is 4.74 Å². The lowest BCUT2D eigenvalue weighted by Crippen LogP contribution is -2.48. The van der Waals surface area contributed by atoms with E-state index in [1.165, 1.54) is 34.5 Å². The molecular weight excluding hydrogens is 589 g/mol. The molecule has 0 aliphatic carbocycles. The van der Waals surface area contributed by atoms with Crippen LogP contribution in [0.3, 0.4) is 0 Å². The summed E-state index contributed by atoms with van der Waals surface area (Å²) >= 11 is 2.95. The number of carbonyl (C=O) groups excluding carboxylic acids is 2. The van der Waals surface area contributed by atoms with Crippen LogP contribution in [-0.2, 0) is 26.0 Å². The first-order chi connectivity index (χ1) is 19.3. The van der Waals surface area contributed by atoms with Crippen LogP contribution in [0.5, 0.6) is 0 Å². The number of piperidine rings is 1. The number of nitrogens with one attached hydrogen (secondary N) is 2. The molecule has 3 N–H and O–H groups in total. The quantitative estimate of drug-likeness (QED) is 0.305. The number of pyridine rings is 1. The van der Waals surface area contributed by atoms with Crippen molar-refractivity contribution in [2.75, 3.05) is 19.6 Å². The lowest BCUT2D eigenvalue weighted by molar-refractivity contribution is -0.138. The number of thiophene rings is 2. The zero-order valence-corrected chi connectivity index (χ0v) is 25.5. The number of fused-ring (bicyclic) bond motifs is 1. The Balaban J connectivity index is 1.26. The third-order valence-electron chi connectivity index (χ3n) is 6.56. The summed E-state index contributed by atoms with van der Waals surface area (Å²) in [7, 11) is -4.12. The van der Waals surface area contributed by atoms with Gasteiger partial charge in [-0.05, 0) is 76.6 Å². The fourth-order valence-electron chi connectivity index (χ4n) is 4.43. The number of amides is 2. The van der Waals surface area contributed by atoms with E-state index in [2.05, 4.69) is 21.1 Å². The molecule has 1 saturated heterocycles. The van der Waals surface area contributed by atoms with Gasteiger partial charge < -0.3 is 20.1 Å². The Morgan fingerprint density at radius 2 is 1.93 bits per heavy atom. The van der Waals surface area contributed by atoms with Gasteiger partial charge in [0.05, 0.1) is 8.89 Å². The molecule has 222 valence electrons. The molecule has 4 heterocycles. The Bertz CT molecular complexity index is 1460. The number of aromatic nitrogens is 1. The highest BCUT2D eigenvalue weighted by atomic mass is 32.2. The molecule has 3 aromatic rings. The lowest BCUT2D eigenvalue weighted by atomic mass is 9.92. The Kier molecular flexibility index (Phi) is 9.67. The number of likely N-dealkylation sites (tertiary alicyclic amines) is 1. The van der Waals surface area contributed by atoms with E-state index in [9.17, 15) is 27.9 Å². The molecule has 0 radical (unpaired) electrons. The van der Waals surface area contributed by atoms with Crippen molar-refractivity contribution in [2.24, 2.45) is 5.92 Å². The number of carboxylic acids is 1. The van der Waals surface area contributed by atoms with Gasteiger partial charge in [0.2, 0.25) is 10.0 Å². The SMILES string of the molecule is CC(C)(C)OC(=O)N1CCC(CCc2cc3cc(C(=O)NC[C@H](NS(=O)(=O)c4cccnc4)C(=O)O)sc3s2)CC1. The monoisotopic (exact) mass is 622 g/mol. The van der Waals surface area contributed by atoms with Gasteiger partial charge in [-0.2, -0.15) is 4.72 Å². The summed E-state index contributed by atoms with van der Waals surface area (Å²) < 4.78 is 33.5. The molecule has 3 aromatic heterocycles. The zero-order valence-electron chi connectivity index (χ0n) is 23.1. The second-order valence-electron chi connectivity index (χ2n) is 10.9. The van der Waals surface area contributed by atoms with Gasteiger partial charge in [0.1, 0.15) is 16.5 Å². The van der Waals surface area contributed by atoms with Gasteiger partial charge >= 0.3 is 12.1 Å². The van der Waals surface area contributed by atoms with Crippen LogP contribution in [0.1, 0.15) is 54.6 Å². The highest BCUT2D eigenvalue weighted by Crippen LogP contribution is 2.35. The van der Waals surface area contributed by atoms with Crippen LogP contribution in [0.25, 0.3) is 9.40 Å². The molecule has 41 heavy (non-hydrogen) atoms. The highest BCUT2D eigenvalue weighted by molar-refractivity contribution is 7.89. The van der Waals surface area contributed by atoms with Crippen LogP contribution < -0.4 is 10.0 Å². The molecular formula is C27H34N4O7S3. The van der Waals surface area contributed by atoms with Crippen molar-refractivity contribution in [1.82, 2.24) is 19.9 Å². The average molecular weight is 623 g/mol. The second-order valence-corrected chi connectivity index (χ2v) is 15.1. The van der Waals surface area contributed by atoms with E-state index in [1.54, 1.807) is 22.3 Å². The van der Waals surface area contributed by atoms with Crippen LogP contribution in [0.2, 0.25) is 0 Å². The first-order valence-corrected chi connectivity index (χ1v) is 16.4. The summed E-state index contributed by atoms with van der Waals surface area (Å²) in [4.78, 5) is 43.7. The van der Waals surface area contributed by atoms with Crippen molar-refractivity contribution in [1.29, 1.82) is 0 Å². The summed E-state index contributed by atoms with van der Waals surface area (Å²) in [5.41, 5.74) is -0.498. The number of hydrogen-bond acceptors (Lipinski definition) is 9. The van der Waals surface area contributed by atoms with Gasteiger partial charge in [0, 0.05) is 42.3 Å².